The Morgan fingerprint density at radius 2 is 2.41 bits per heavy atom. The molecule has 17 heavy (non-hydrogen) atoms. The number of carbonyl (C=O) groups excluding carboxylic acids is 1. The molecule has 0 radical (unpaired) electrons. The number of pyridine rings is 1. The normalized spacial score (nSPS) is 24.1. The van der Waals surface area contributed by atoms with Gasteiger partial charge in [-0.05, 0) is 24.5 Å². The lowest BCUT2D eigenvalue weighted by Gasteiger charge is -2.24. The molecule has 2 heterocycles. The van der Waals surface area contributed by atoms with Gasteiger partial charge in [0.25, 0.3) is 5.91 Å². The highest BCUT2D eigenvalue weighted by molar-refractivity contribution is 5.92. The molecule has 2 unspecified atom stereocenters. The highest BCUT2D eigenvalue weighted by atomic mass is 19.1. The number of aromatic nitrogens is 1. The zero-order chi connectivity index (χ0) is 12.4. The van der Waals surface area contributed by atoms with E-state index in [0.717, 1.165) is 6.42 Å². The van der Waals surface area contributed by atoms with Gasteiger partial charge in [0.1, 0.15) is 5.69 Å². The van der Waals surface area contributed by atoms with Crippen molar-refractivity contribution >= 4 is 5.91 Å². The van der Waals surface area contributed by atoms with Crippen LogP contribution in [0.1, 0.15) is 23.8 Å². The van der Waals surface area contributed by atoms with Crippen molar-refractivity contribution in [2.24, 2.45) is 5.92 Å². The van der Waals surface area contributed by atoms with Crippen LogP contribution >= 0.6 is 0 Å². The summed E-state index contributed by atoms with van der Waals surface area (Å²) in [6.07, 6.45) is 0.853. The van der Waals surface area contributed by atoms with E-state index >= 15 is 0 Å². The first kappa shape index (κ1) is 12.0. The molecule has 0 aromatic carbocycles. The van der Waals surface area contributed by atoms with Crippen LogP contribution < -0.4 is 0 Å². The van der Waals surface area contributed by atoms with Gasteiger partial charge in [0.15, 0.2) is 0 Å². The number of aliphatic hydroxyl groups excluding tert-OH is 1. The van der Waals surface area contributed by atoms with Gasteiger partial charge in [0.2, 0.25) is 5.95 Å². The molecule has 2 rings (SSSR count). The third-order valence-electron chi connectivity index (χ3n) is 3.26. The van der Waals surface area contributed by atoms with E-state index in [1.807, 2.05) is 6.92 Å². The molecule has 0 aliphatic carbocycles. The van der Waals surface area contributed by atoms with E-state index in [2.05, 4.69) is 4.98 Å². The highest BCUT2D eigenvalue weighted by Gasteiger charge is 2.34. The van der Waals surface area contributed by atoms with Gasteiger partial charge in [0, 0.05) is 6.54 Å². The third kappa shape index (κ3) is 2.29. The summed E-state index contributed by atoms with van der Waals surface area (Å²) in [5, 5.41) is 9.27. The smallest absolute Gasteiger partial charge is 0.272 e. The largest absolute Gasteiger partial charge is 0.394 e. The molecule has 1 aliphatic heterocycles. The average molecular weight is 238 g/mol. The van der Waals surface area contributed by atoms with Crippen LogP contribution in [0.2, 0.25) is 0 Å². The maximum atomic E-state index is 12.9. The lowest BCUT2D eigenvalue weighted by atomic mass is 10.0. The van der Waals surface area contributed by atoms with Gasteiger partial charge in [0.05, 0.1) is 12.6 Å². The molecule has 1 N–H and O–H groups in total. The maximum absolute atomic E-state index is 12.9. The van der Waals surface area contributed by atoms with Gasteiger partial charge < -0.3 is 10.0 Å². The fraction of sp³-hybridized carbons (Fsp3) is 0.500. The van der Waals surface area contributed by atoms with Crippen molar-refractivity contribution in [3.63, 3.8) is 0 Å². The molecule has 1 aromatic heterocycles. The van der Waals surface area contributed by atoms with E-state index in [1.54, 1.807) is 4.90 Å². The van der Waals surface area contributed by atoms with Crippen molar-refractivity contribution in [1.82, 2.24) is 9.88 Å². The van der Waals surface area contributed by atoms with Crippen LogP contribution in [0.5, 0.6) is 0 Å². The van der Waals surface area contributed by atoms with Crippen molar-refractivity contribution in [1.29, 1.82) is 0 Å². The zero-order valence-electron chi connectivity index (χ0n) is 9.64. The number of aliphatic hydroxyl groups is 1. The van der Waals surface area contributed by atoms with Crippen molar-refractivity contribution in [2.75, 3.05) is 13.2 Å². The lowest BCUT2D eigenvalue weighted by molar-refractivity contribution is 0.0641. The fourth-order valence-corrected chi connectivity index (χ4v) is 2.21. The van der Waals surface area contributed by atoms with E-state index in [9.17, 15) is 14.3 Å². The topological polar surface area (TPSA) is 53.4 Å². The Kier molecular flexibility index (Phi) is 3.38. The lowest BCUT2D eigenvalue weighted by Crippen LogP contribution is -2.40. The van der Waals surface area contributed by atoms with E-state index in [-0.39, 0.29) is 30.2 Å². The first-order chi connectivity index (χ1) is 8.13. The van der Waals surface area contributed by atoms with Crippen LogP contribution in [0.4, 0.5) is 4.39 Å². The Balaban J connectivity index is 2.20. The van der Waals surface area contributed by atoms with E-state index in [0.29, 0.717) is 6.54 Å². The number of amides is 1. The predicted molar refractivity (Wildman–Crippen MR) is 59.9 cm³/mol. The molecule has 0 bridgehead atoms. The van der Waals surface area contributed by atoms with E-state index in [4.69, 9.17) is 0 Å². The predicted octanol–water partition coefficient (Wildman–Crippen LogP) is 1.06. The molecule has 92 valence electrons. The van der Waals surface area contributed by atoms with E-state index in [1.165, 1.54) is 18.2 Å². The Bertz CT molecular complexity index is 425. The Labute approximate surface area is 99.1 Å². The minimum Gasteiger partial charge on any atom is -0.394 e. The highest BCUT2D eigenvalue weighted by Crippen LogP contribution is 2.24. The minimum absolute atomic E-state index is 0.0672. The van der Waals surface area contributed by atoms with Gasteiger partial charge in [-0.3, -0.25) is 4.79 Å². The Morgan fingerprint density at radius 1 is 1.65 bits per heavy atom. The summed E-state index contributed by atoms with van der Waals surface area (Å²) in [4.78, 5) is 17.2. The Hall–Kier alpha value is -1.49. The molecule has 5 heteroatoms. The summed E-state index contributed by atoms with van der Waals surface area (Å²) < 4.78 is 12.9. The summed E-state index contributed by atoms with van der Waals surface area (Å²) >= 11 is 0. The standard InChI is InChI=1S/C12H15FN2O2/c1-8-5-6-15(10(8)7-16)12(17)9-3-2-4-11(13)14-9/h2-4,8,10,16H,5-7H2,1H3. The molecule has 1 aromatic rings. The number of hydrogen-bond donors (Lipinski definition) is 1. The van der Waals surface area contributed by atoms with Crippen molar-refractivity contribution in [3.8, 4) is 0 Å². The van der Waals surface area contributed by atoms with Crippen molar-refractivity contribution < 1.29 is 14.3 Å². The number of halogens is 1. The first-order valence-corrected chi connectivity index (χ1v) is 5.68. The van der Waals surface area contributed by atoms with Gasteiger partial charge >= 0.3 is 0 Å². The summed E-state index contributed by atoms with van der Waals surface area (Å²) in [6, 6.07) is 3.96. The number of nitrogens with zero attached hydrogens (tertiary/aromatic N) is 2. The molecule has 1 amide bonds. The number of carbonyl (C=O) groups is 1. The second kappa shape index (κ2) is 4.79. The monoisotopic (exact) mass is 238 g/mol. The second-order valence-corrected chi connectivity index (χ2v) is 4.36. The minimum atomic E-state index is -0.663. The molecule has 0 spiro atoms. The summed E-state index contributed by atoms with van der Waals surface area (Å²) in [5.74, 6) is -0.714. The molecule has 1 saturated heterocycles. The Morgan fingerprint density at radius 3 is 3.06 bits per heavy atom. The van der Waals surface area contributed by atoms with Crippen LogP contribution in [-0.4, -0.2) is 40.1 Å². The molecule has 1 fully saturated rings. The molecule has 2 atom stereocenters. The molecule has 4 nitrogen and oxygen atoms in total. The SMILES string of the molecule is CC1CCN(C(=O)c2cccc(F)n2)C1CO. The van der Waals surface area contributed by atoms with Crippen molar-refractivity contribution in [2.45, 2.75) is 19.4 Å². The van der Waals surface area contributed by atoms with Gasteiger partial charge in [-0.1, -0.05) is 13.0 Å². The van der Waals surface area contributed by atoms with Gasteiger partial charge in [-0.15, -0.1) is 0 Å². The maximum Gasteiger partial charge on any atom is 0.272 e. The van der Waals surface area contributed by atoms with Crippen LogP contribution in [-0.2, 0) is 0 Å². The third-order valence-corrected chi connectivity index (χ3v) is 3.26. The molecule has 1 aliphatic rings. The first-order valence-electron chi connectivity index (χ1n) is 5.68. The van der Waals surface area contributed by atoms with Crippen LogP contribution in [0, 0.1) is 11.9 Å². The van der Waals surface area contributed by atoms with Crippen molar-refractivity contribution in [3.05, 3.63) is 29.8 Å². The number of likely N-dealkylation sites (tertiary alicyclic amines) is 1. The fourth-order valence-electron chi connectivity index (χ4n) is 2.21. The van der Waals surface area contributed by atoms with Crippen LogP contribution in [0.15, 0.2) is 18.2 Å². The molecular formula is C12H15FN2O2. The summed E-state index contributed by atoms with van der Waals surface area (Å²) in [6.45, 7) is 2.51. The van der Waals surface area contributed by atoms with E-state index < -0.39 is 5.95 Å². The van der Waals surface area contributed by atoms with Crippen LogP contribution in [0.25, 0.3) is 0 Å². The zero-order valence-corrected chi connectivity index (χ0v) is 9.64. The molecular weight excluding hydrogens is 223 g/mol. The van der Waals surface area contributed by atoms with Crippen LogP contribution in [0.3, 0.4) is 0 Å². The number of hydrogen-bond acceptors (Lipinski definition) is 3. The summed E-state index contributed by atoms with van der Waals surface area (Å²) in [7, 11) is 0. The van der Waals surface area contributed by atoms with Gasteiger partial charge in [-0.25, -0.2) is 4.98 Å². The second-order valence-electron chi connectivity index (χ2n) is 4.36. The molecule has 0 saturated carbocycles. The van der Waals surface area contributed by atoms with Gasteiger partial charge in [-0.2, -0.15) is 4.39 Å². The average Bonchev–Trinajstić information content (AvgIpc) is 2.69. The quantitative estimate of drug-likeness (QED) is 0.784. The number of rotatable bonds is 2. The summed E-state index contributed by atoms with van der Waals surface area (Å²) in [5.41, 5.74) is 0.0950.